The van der Waals surface area contributed by atoms with Crippen LogP contribution in [0.2, 0.25) is 0 Å². The zero-order chi connectivity index (χ0) is 18.9. The minimum absolute atomic E-state index is 0.0489. The number of nitrogens with zero attached hydrogens (tertiary/aromatic N) is 2. The number of methoxy groups -OCH3 is 1. The first-order valence-electron chi connectivity index (χ1n) is 7.71. The minimum atomic E-state index is -1.22. The molecule has 2 heterocycles. The number of nitro benzene ring substituents is 1. The summed E-state index contributed by atoms with van der Waals surface area (Å²) in [6.07, 6.45) is -2.23. The molecular weight excluding hydrogens is 346 g/mol. The molecule has 10 heteroatoms. The van der Waals surface area contributed by atoms with Gasteiger partial charge in [0.25, 0.3) is 11.2 Å². The minimum Gasteiger partial charge on any atom is -0.482 e. The van der Waals surface area contributed by atoms with Crippen molar-refractivity contribution in [2.75, 3.05) is 13.7 Å². The van der Waals surface area contributed by atoms with Gasteiger partial charge in [-0.05, 0) is 13.0 Å². The van der Waals surface area contributed by atoms with Gasteiger partial charge < -0.3 is 19.3 Å². The van der Waals surface area contributed by atoms with Gasteiger partial charge in [0, 0.05) is 36.9 Å². The molecule has 138 valence electrons. The molecule has 1 aromatic carbocycles. The van der Waals surface area contributed by atoms with Crippen molar-refractivity contribution in [3.8, 4) is 11.6 Å². The predicted molar refractivity (Wildman–Crippen MR) is 88.2 cm³/mol. The molecule has 1 aliphatic heterocycles. The summed E-state index contributed by atoms with van der Waals surface area (Å²) >= 11 is 0. The third-order valence-electron chi connectivity index (χ3n) is 4.10. The molecule has 26 heavy (non-hydrogen) atoms. The molecule has 0 saturated carbocycles. The molecule has 1 aliphatic rings. The molecule has 0 aliphatic carbocycles. The largest absolute Gasteiger partial charge is 0.482 e. The number of nitrogens with one attached hydrogen (secondary N) is 1. The molecule has 0 bridgehead atoms. The van der Waals surface area contributed by atoms with Gasteiger partial charge in [0.2, 0.25) is 5.88 Å². The number of ether oxygens (including phenoxy) is 3. The number of aliphatic hydroxyl groups excluding tert-OH is 1. The Bertz CT molecular complexity index is 864. The molecule has 2 N–H and O–H groups in total. The molecule has 0 saturated heterocycles. The van der Waals surface area contributed by atoms with Crippen molar-refractivity contribution in [1.29, 1.82) is 0 Å². The fourth-order valence-electron chi connectivity index (χ4n) is 2.82. The lowest BCUT2D eigenvalue weighted by Crippen LogP contribution is -2.55. The molecule has 3 rings (SSSR count). The van der Waals surface area contributed by atoms with Crippen molar-refractivity contribution in [3.05, 3.63) is 56.4 Å². The average molecular weight is 363 g/mol. The zero-order valence-corrected chi connectivity index (χ0v) is 14.0. The Balaban J connectivity index is 2.06. The first-order chi connectivity index (χ1) is 12.3. The molecule has 0 fully saturated rings. The summed E-state index contributed by atoms with van der Waals surface area (Å²) in [7, 11) is 1.46. The van der Waals surface area contributed by atoms with Crippen molar-refractivity contribution in [2.45, 2.75) is 24.7 Å². The second-order valence-corrected chi connectivity index (χ2v) is 6.07. The number of non-ortho nitro benzene ring substituents is 1. The fraction of sp³-hybridized carbons (Fsp3) is 0.375. The monoisotopic (exact) mass is 363 g/mol. The second kappa shape index (κ2) is 6.73. The molecule has 3 atom stereocenters. The SMILES string of the molecule is COCC1(C)Oc2ccc([N+](=O)[O-])cc2C(Oc2ccc(=O)[nH]n2)C1O. The van der Waals surface area contributed by atoms with Crippen molar-refractivity contribution >= 4 is 5.69 Å². The lowest BCUT2D eigenvalue weighted by Gasteiger charge is -2.43. The predicted octanol–water partition coefficient (Wildman–Crippen LogP) is 0.957. The third-order valence-corrected chi connectivity index (χ3v) is 4.10. The van der Waals surface area contributed by atoms with Gasteiger partial charge in [-0.25, -0.2) is 5.10 Å². The smallest absolute Gasteiger partial charge is 0.270 e. The number of rotatable bonds is 5. The summed E-state index contributed by atoms with van der Waals surface area (Å²) in [4.78, 5) is 21.7. The van der Waals surface area contributed by atoms with Crippen LogP contribution in [-0.4, -0.2) is 45.6 Å². The molecule has 0 spiro atoms. The van der Waals surface area contributed by atoms with Gasteiger partial charge >= 0.3 is 0 Å². The van der Waals surface area contributed by atoms with E-state index in [0.29, 0.717) is 11.3 Å². The number of nitro groups is 1. The Morgan fingerprint density at radius 2 is 2.19 bits per heavy atom. The van der Waals surface area contributed by atoms with E-state index in [1.807, 2.05) is 0 Å². The van der Waals surface area contributed by atoms with E-state index in [1.54, 1.807) is 6.92 Å². The van der Waals surface area contributed by atoms with Crippen LogP contribution in [0.15, 0.2) is 35.1 Å². The molecule has 1 aromatic heterocycles. The number of aromatic nitrogens is 2. The van der Waals surface area contributed by atoms with Crippen LogP contribution >= 0.6 is 0 Å². The highest BCUT2D eigenvalue weighted by molar-refractivity contribution is 5.47. The number of fused-ring (bicyclic) bond motifs is 1. The number of benzene rings is 1. The number of aromatic amines is 1. The van der Waals surface area contributed by atoms with Crippen molar-refractivity contribution < 1.29 is 24.2 Å². The van der Waals surface area contributed by atoms with E-state index in [2.05, 4.69) is 10.2 Å². The topological polar surface area (TPSA) is 137 Å². The van der Waals surface area contributed by atoms with Crippen molar-refractivity contribution in [2.24, 2.45) is 0 Å². The van der Waals surface area contributed by atoms with Gasteiger partial charge in [-0.15, -0.1) is 5.10 Å². The summed E-state index contributed by atoms with van der Waals surface area (Å²) in [6.45, 7) is 1.70. The highest BCUT2D eigenvalue weighted by Crippen LogP contribution is 2.43. The summed E-state index contributed by atoms with van der Waals surface area (Å²) in [5, 5.41) is 27.9. The standard InChI is InChI=1S/C16H17N3O7/c1-16(8-24-2)15(21)14(25-13-6-5-12(20)17-18-13)10-7-9(19(22)23)3-4-11(10)26-16/h3-7,14-15,21H,8H2,1-2H3,(H,17,20). The van der Waals surface area contributed by atoms with E-state index in [-0.39, 0.29) is 18.2 Å². The molecule has 3 unspecified atom stereocenters. The van der Waals surface area contributed by atoms with E-state index >= 15 is 0 Å². The Kier molecular flexibility index (Phi) is 4.62. The van der Waals surface area contributed by atoms with Crippen LogP contribution in [0.5, 0.6) is 11.6 Å². The van der Waals surface area contributed by atoms with E-state index < -0.39 is 28.3 Å². The highest BCUT2D eigenvalue weighted by Gasteiger charge is 2.48. The highest BCUT2D eigenvalue weighted by atomic mass is 16.6. The van der Waals surface area contributed by atoms with Gasteiger partial charge in [-0.1, -0.05) is 0 Å². The van der Waals surface area contributed by atoms with Gasteiger partial charge in [-0.3, -0.25) is 14.9 Å². The lowest BCUT2D eigenvalue weighted by atomic mass is 9.87. The van der Waals surface area contributed by atoms with Crippen molar-refractivity contribution in [3.63, 3.8) is 0 Å². The number of aliphatic hydroxyl groups is 1. The van der Waals surface area contributed by atoms with Gasteiger partial charge in [0.15, 0.2) is 11.7 Å². The van der Waals surface area contributed by atoms with Gasteiger partial charge in [0.05, 0.1) is 11.5 Å². The van der Waals surface area contributed by atoms with Crippen LogP contribution in [0, 0.1) is 10.1 Å². The Morgan fingerprint density at radius 3 is 2.81 bits per heavy atom. The number of H-pyrrole nitrogens is 1. The summed E-state index contributed by atoms with van der Waals surface area (Å²) in [5.41, 5.74) is -1.43. The van der Waals surface area contributed by atoms with E-state index in [1.165, 1.54) is 37.4 Å². The maximum atomic E-state index is 11.1. The molecule has 10 nitrogen and oxygen atoms in total. The summed E-state index contributed by atoms with van der Waals surface area (Å²) in [5.74, 6) is 0.377. The quantitative estimate of drug-likeness (QED) is 0.592. The van der Waals surface area contributed by atoms with Gasteiger partial charge in [0.1, 0.15) is 11.9 Å². The fourth-order valence-corrected chi connectivity index (χ4v) is 2.82. The number of hydrogen-bond donors (Lipinski definition) is 2. The Morgan fingerprint density at radius 1 is 1.42 bits per heavy atom. The van der Waals surface area contributed by atoms with E-state index in [4.69, 9.17) is 14.2 Å². The third kappa shape index (κ3) is 3.24. The molecule has 0 amide bonds. The molecule has 2 aromatic rings. The first kappa shape index (κ1) is 17.8. The lowest BCUT2D eigenvalue weighted by molar-refractivity contribution is -0.385. The normalized spacial score (nSPS) is 24.4. The summed E-state index contributed by atoms with van der Waals surface area (Å²) < 4.78 is 16.7. The van der Waals surface area contributed by atoms with Crippen LogP contribution in [0.25, 0.3) is 0 Å². The molecular formula is C16H17N3O7. The van der Waals surface area contributed by atoms with Crippen molar-refractivity contribution in [1.82, 2.24) is 10.2 Å². The van der Waals surface area contributed by atoms with Gasteiger partial charge in [-0.2, -0.15) is 0 Å². The zero-order valence-electron chi connectivity index (χ0n) is 14.0. The Labute approximate surface area is 147 Å². The maximum Gasteiger partial charge on any atom is 0.270 e. The van der Waals surface area contributed by atoms with Crippen LogP contribution in [-0.2, 0) is 4.74 Å². The van der Waals surface area contributed by atoms with E-state index in [0.717, 1.165) is 0 Å². The average Bonchev–Trinajstić information content (AvgIpc) is 2.60. The summed E-state index contributed by atoms with van der Waals surface area (Å²) in [6, 6.07) is 6.59. The number of hydrogen-bond acceptors (Lipinski definition) is 8. The van der Waals surface area contributed by atoms with Crippen LogP contribution < -0.4 is 15.0 Å². The molecule has 0 radical (unpaired) electrons. The van der Waals surface area contributed by atoms with Crippen LogP contribution in [0.1, 0.15) is 18.6 Å². The van der Waals surface area contributed by atoms with Crippen LogP contribution in [0.4, 0.5) is 5.69 Å². The van der Waals surface area contributed by atoms with E-state index in [9.17, 15) is 20.0 Å². The first-order valence-corrected chi connectivity index (χ1v) is 7.71. The Hall–Kier alpha value is -2.98. The second-order valence-electron chi connectivity index (χ2n) is 6.07. The van der Waals surface area contributed by atoms with Crippen LogP contribution in [0.3, 0.4) is 0 Å². The maximum absolute atomic E-state index is 11.1.